The van der Waals surface area contributed by atoms with Crippen LogP contribution in [-0.2, 0) is 19.1 Å². The highest BCUT2D eigenvalue weighted by molar-refractivity contribution is 5.87. The molecule has 0 spiro atoms. The normalized spacial score (nSPS) is 17.4. The zero-order chi connectivity index (χ0) is 22.2. The van der Waals surface area contributed by atoms with E-state index >= 15 is 0 Å². The lowest BCUT2D eigenvalue weighted by molar-refractivity contribution is -0.144. The Bertz CT molecular complexity index is 811. The first-order valence-electron chi connectivity index (χ1n) is 10.9. The summed E-state index contributed by atoms with van der Waals surface area (Å²) in [6.45, 7) is 3.53. The van der Waals surface area contributed by atoms with E-state index in [9.17, 15) is 14.4 Å². The van der Waals surface area contributed by atoms with Gasteiger partial charge < -0.3 is 19.9 Å². The smallest absolute Gasteiger partial charge is 0.308 e. The van der Waals surface area contributed by atoms with E-state index < -0.39 is 12.0 Å². The number of anilines is 1. The Hall–Kier alpha value is -3.08. The summed E-state index contributed by atoms with van der Waals surface area (Å²) in [7, 11) is 0. The van der Waals surface area contributed by atoms with Crippen molar-refractivity contribution < 1.29 is 19.1 Å². The van der Waals surface area contributed by atoms with Gasteiger partial charge in [-0.1, -0.05) is 5.92 Å². The van der Waals surface area contributed by atoms with Crippen LogP contribution in [0.15, 0.2) is 24.5 Å². The van der Waals surface area contributed by atoms with Crippen molar-refractivity contribution in [2.45, 2.75) is 51.1 Å². The lowest BCUT2D eigenvalue weighted by Crippen LogP contribution is -2.48. The number of piperidine rings is 1. The van der Waals surface area contributed by atoms with E-state index in [0.29, 0.717) is 0 Å². The van der Waals surface area contributed by atoms with Gasteiger partial charge in [0, 0.05) is 43.1 Å². The Morgan fingerprint density at radius 2 is 1.94 bits per heavy atom. The first kappa shape index (κ1) is 22.6. The number of ether oxygens (including phenoxy) is 1. The van der Waals surface area contributed by atoms with Gasteiger partial charge in [-0.2, -0.15) is 0 Å². The third kappa shape index (κ3) is 6.45. The summed E-state index contributed by atoms with van der Waals surface area (Å²) in [5, 5.41) is 2.67. The minimum Gasteiger partial charge on any atom is -0.466 e. The quantitative estimate of drug-likeness (QED) is 0.474. The van der Waals surface area contributed by atoms with Gasteiger partial charge in [-0.05, 0) is 44.7 Å². The number of amides is 2. The maximum Gasteiger partial charge on any atom is 0.308 e. The van der Waals surface area contributed by atoms with Crippen molar-refractivity contribution in [2.24, 2.45) is 5.92 Å². The molecule has 1 atom stereocenters. The molecular weight excluding hydrogens is 396 g/mol. The molecule has 0 aromatic carbocycles. The van der Waals surface area contributed by atoms with Crippen LogP contribution in [0, 0.1) is 18.3 Å². The van der Waals surface area contributed by atoms with E-state index in [0.717, 1.165) is 44.5 Å². The molecule has 2 fully saturated rings. The number of terminal acetylenes is 1. The first-order valence-corrected chi connectivity index (χ1v) is 10.9. The summed E-state index contributed by atoms with van der Waals surface area (Å²) in [6.07, 6.45) is 12.2. The minimum atomic E-state index is -0.744. The van der Waals surface area contributed by atoms with Gasteiger partial charge in [0.2, 0.25) is 11.8 Å². The molecule has 166 valence electrons. The monoisotopic (exact) mass is 426 g/mol. The minimum absolute atomic E-state index is 0.0327. The first-order chi connectivity index (χ1) is 15.0. The van der Waals surface area contributed by atoms with Gasteiger partial charge in [0.1, 0.15) is 6.04 Å². The molecule has 2 amide bonds. The summed E-state index contributed by atoms with van der Waals surface area (Å²) in [4.78, 5) is 45.4. The fourth-order valence-electron chi connectivity index (χ4n) is 3.88. The second-order valence-corrected chi connectivity index (χ2v) is 7.96. The zero-order valence-corrected chi connectivity index (χ0v) is 18.0. The Morgan fingerprint density at radius 3 is 2.52 bits per heavy atom. The van der Waals surface area contributed by atoms with Gasteiger partial charge in [-0.15, -0.1) is 6.42 Å². The van der Waals surface area contributed by atoms with Crippen molar-refractivity contribution in [1.82, 2.24) is 15.2 Å². The van der Waals surface area contributed by atoms with Crippen LogP contribution in [0.25, 0.3) is 0 Å². The van der Waals surface area contributed by atoms with E-state index in [1.807, 2.05) is 12.1 Å². The van der Waals surface area contributed by atoms with Crippen molar-refractivity contribution in [1.29, 1.82) is 0 Å². The summed E-state index contributed by atoms with van der Waals surface area (Å²) in [5.41, 5.74) is 1.11. The predicted octanol–water partition coefficient (Wildman–Crippen LogP) is 1.36. The lowest BCUT2D eigenvalue weighted by Gasteiger charge is -2.35. The van der Waals surface area contributed by atoms with Crippen LogP contribution in [0.3, 0.4) is 0 Å². The van der Waals surface area contributed by atoms with Crippen LogP contribution in [0.4, 0.5) is 5.69 Å². The molecule has 1 aromatic heterocycles. The molecule has 1 saturated carbocycles. The Balaban J connectivity index is 1.52. The number of aromatic nitrogens is 1. The molecule has 1 aromatic rings. The number of nitrogens with one attached hydrogen (secondary N) is 1. The van der Waals surface area contributed by atoms with Crippen LogP contribution >= 0.6 is 0 Å². The maximum absolute atomic E-state index is 13.2. The van der Waals surface area contributed by atoms with Crippen molar-refractivity contribution in [3.8, 4) is 12.3 Å². The van der Waals surface area contributed by atoms with Gasteiger partial charge in [-0.25, -0.2) is 0 Å². The SMILES string of the molecule is C#C[C@H](CC(=O)OCC)NC(=O)CN(C(=O)C1CCN(c2ccncc2)CC1)C1CC1. The van der Waals surface area contributed by atoms with Crippen LogP contribution in [-0.4, -0.2) is 66.0 Å². The third-order valence-corrected chi connectivity index (χ3v) is 5.67. The number of nitrogens with zero attached hydrogens (tertiary/aromatic N) is 3. The number of pyridine rings is 1. The van der Waals surface area contributed by atoms with E-state index in [1.165, 1.54) is 0 Å². The van der Waals surface area contributed by atoms with Gasteiger partial charge >= 0.3 is 5.97 Å². The Kier molecular flexibility index (Phi) is 7.88. The molecular formula is C23H30N4O4. The van der Waals surface area contributed by atoms with Crippen molar-refractivity contribution in [3.63, 3.8) is 0 Å². The number of carbonyl (C=O) groups is 3. The molecule has 1 aliphatic heterocycles. The van der Waals surface area contributed by atoms with Crippen LogP contribution in [0.1, 0.15) is 39.0 Å². The number of hydrogen-bond donors (Lipinski definition) is 1. The van der Waals surface area contributed by atoms with E-state index in [-0.39, 0.29) is 43.3 Å². The highest BCUT2D eigenvalue weighted by Crippen LogP contribution is 2.31. The molecule has 0 radical (unpaired) electrons. The van der Waals surface area contributed by atoms with Crippen LogP contribution in [0.5, 0.6) is 0 Å². The average molecular weight is 427 g/mol. The standard InChI is InChI=1S/C23H30N4O4/c1-3-18(15-22(29)31-4-2)25-21(28)16-27(20-5-6-20)23(30)17-9-13-26(14-10-17)19-7-11-24-12-8-19/h1,7-8,11-12,17-18,20H,4-6,9-10,13-16H2,2H3,(H,25,28)/t18-/m1/s1. The second-order valence-electron chi connectivity index (χ2n) is 7.96. The number of carbonyl (C=O) groups excluding carboxylic acids is 3. The largest absolute Gasteiger partial charge is 0.466 e. The van der Waals surface area contributed by atoms with Gasteiger partial charge in [0.15, 0.2) is 0 Å². The van der Waals surface area contributed by atoms with E-state index in [1.54, 1.807) is 24.2 Å². The molecule has 2 heterocycles. The molecule has 8 nitrogen and oxygen atoms in total. The van der Waals surface area contributed by atoms with Gasteiger partial charge in [0.25, 0.3) is 0 Å². The summed E-state index contributed by atoms with van der Waals surface area (Å²) >= 11 is 0. The molecule has 1 aliphatic carbocycles. The van der Waals surface area contributed by atoms with Crippen LogP contribution < -0.4 is 10.2 Å². The fraction of sp³-hybridized carbons (Fsp3) is 0.565. The third-order valence-electron chi connectivity index (χ3n) is 5.67. The fourth-order valence-corrected chi connectivity index (χ4v) is 3.88. The van der Waals surface area contributed by atoms with Crippen molar-refractivity contribution >= 4 is 23.5 Å². The van der Waals surface area contributed by atoms with Crippen molar-refractivity contribution in [3.05, 3.63) is 24.5 Å². The Labute approximate surface area is 183 Å². The van der Waals surface area contributed by atoms with E-state index in [2.05, 4.69) is 21.1 Å². The molecule has 2 aliphatic rings. The highest BCUT2D eigenvalue weighted by Gasteiger charge is 2.38. The molecule has 3 rings (SSSR count). The van der Waals surface area contributed by atoms with Crippen LogP contribution in [0.2, 0.25) is 0 Å². The molecule has 0 bridgehead atoms. The second kappa shape index (κ2) is 10.8. The number of esters is 1. The predicted molar refractivity (Wildman–Crippen MR) is 116 cm³/mol. The Morgan fingerprint density at radius 1 is 1.26 bits per heavy atom. The highest BCUT2D eigenvalue weighted by atomic mass is 16.5. The average Bonchev–Trinajstić information content (AvgIpc) is 3.63. The molecule has 8 heteroatoms. The molecule has 1 N–H and O–H groups in total. The summed E-state index contributed by atoms with van der Waals surface area (Å²) in [6, 6.07) is 3.32. The van der Waals surface area contributed by atoms with Gasteiger partial charge in [0.05, 0.1) is 19.6 Å². The van der Waals surface area contributed by atoms with Crippen molar-refractivity contribution in [2.75, 3.05) is 31.1 Å². The van der Waals surface area contributed by atoms with E-state index in [4.69, 9.17) is 11.2 Å². The molecule has 1 saturated heterocycles. The zero-order valence-electron chi connectivity index (χ0n) is 18.0. The van der Waals surface area contributed by atoms with Gasteiger partial charge in [-0.3, -0.25) is 19.4 Å². The maximum atomic E-state index is 13.2. The number of rotatable bonds is 9. The topological polar surface area (TPSA) is 91.8 Å². The lowest BCUT2D eigenvalue weighted by atomic mass is 9.94. The molecule has 0 unspecified atom stereocenters. The summed E-state index contributed by atoms with van der Waals surface area (Å²) < 4.78 is 4.89. The summed E-state index contributed by atoms with van der Waals surface area (Å²) in [5.74, 6) is 1.55. The number of hydrogen-bond acceptors (Lipinski definition) is 6. The molecule has 31 heavy (non-hydrogen) atoms.